The van der Waals surface area contributed by atoms with Gasteiger partial charge in [0.1, 0.15) is 0 Å². The summed E-state index contributed by atoms with van der Waals surface area (Å²) in [5.41, 5.74) is 1.15. The van der Waals surface area contributed by atoms with Crippen molar-refractivity contribution in [2.75, 3.05) is 14.2 Å². The third-order valence-corrected chi connectivity index (χ3v) is 3.79. The molecule has 0 aliphatic carbocycles. The van der Waals surface area contributed by atoms with E-state index in [4.69, 9.17) is 9.47 Å². The lowest BCUT2D eigenvalue weighted by molar-refractivity contribution is 0.355. The molecule has 1 aromatic carbocycles. The van der Waals surface area contributed by atoms with Gasteiger partial charge in [-0.2, -0.15) is 0 Å². The van der Waals surface area contributed by atoms with E-state index >= 15 is 0 Å². The van der Waals surface area contributed by atoms with Gasteiger partial charge in [-0.25, -0.2) is 0 Å². The standard InChI is InChI=1S/C16H21NO2/c1-6-16(2,3)15-12-10-14(19-5)13(18-4)9-11(12)7-8-17-15/h7-10H,6H2,1-5H3. The lowest BCUT2D eigenvalue weighted by atomic mass is 9.83. The molecule has 0 spiro atoms. The monoisotopic (exact) mass is 259 g/mol. The Labute approximate surface area is 114 Å². The smallest absolute Gasteiger partial charge is 0.161 e. The van der Waals surface area contributed by atoms with Crippen molar-refractivity contribution in [1.29, 1.82) is 0 Å². The normalized spacial score (nSPS) is 11.6. The van der Waals surface area contributed by atoms with E-state index in [1.54, 1.807) is 14.2 Å². The van der Waals surface area contributed by atoms with E-state index < -0.39 is 0 Å². The minimum absolute atomic E-state index is 0.0408. The number of pyridine rings is 1. The molecule has 0 bridgehead atoms. The molecule has 0 aliphatic rings. The molecule has 102 valence electrons. The molecule has 2 rings (SSSR count). The van der Waals surface area contributed by atoms with Crippen LogP contribution in [0, 0.1) is 0 Å². The van der Waals surface area contributed by atoms with Crippen LogP contribution in [-0.4, -0.2) is 19.2 Å². The Kier molecular flexibility index (Phi) is 3.65. The fourth-order valence-electron chi connectivity index (χ4n) is 2.21. The summed E-state index contributed by atoms with van der Waals surface area (Å²) in [6.07, 6.45) is 2.90. The molecular weight excluding hydrogens is 238 g/mol. The highest BCUT2D eigenvalue weighted by atomic mass is 16.5. The molecule has 0 fully saturated rings. The number of hydrogen-bond acceptors (Lipinski definition) is 3. The molecule has 0 saturated heterocycles. The zero-order valence-corrected chi connectivity index (χ0v) is 12.3. The zero-order chi connectivity index (χ0) is 14.0. The van der Waals surface area contributed by atoms with Crippen LogP contribution in [-0.2, 0) is 5.41 Å². The zero-order valence-electron chi connectivity index (χ0n) is 12.3. The Morgan fingerprint density at radius 2 is 1.74 bits per heavy atom. The van der Waals surface area contributed by atoms with E-state index in [0.29, 0.717) is 0 Å². The van der Waals surface area contributed by atoms with Crippen molar-refractivity contribution in [3.63, 3.8) is 0 Å². The second-order valence-electron chi connectivity index (χ2n) is 5.33. The molecule has 0 aliphatic heterocycles. The minimum Gasteiger partial charge on any atom is -0.493 e. The number of benzene rings is 1. The van der Waals surface area contributed by atoms with Gasteiger partial charge in [-0.05, 0) is 30.0 Å². The van der Waals surface area contributed by atoms with Crippen LogP contribution in [0.15, 0.2) is 24.4 Å². The van der Waals surface area contributed by atoms with E-state index in [0.717, 1.165) is 34.4 Å². The van der Waals surface area contributed by atoms with Gasteiger partial charge in [0.05, 0.1) is 19.9 Å². The van der Waals surface area contributed by atoms with Crippen LogP contribution in [0.25, 0.3) is 10.8 Å². The maximum atomic E-state index is 5.39. The van der Waals surface area contributed by atoms with E-state index in [1.165, 1.54) is 0 Å². The van der Waals surface area contributed by atoms with Gasteiger partial charge in [0, 0.05) is 17.0 Å². The Morgan fingerprint density at radius 3 is 2.32 bits per heavy atom. The third-order valence-electron chi connectivity index (χ3n) is 3.79. The van der Waals surface area contributed by atoms with Gasteiger partial charge >= 0.3 is 0 Å². The molecule has 0 atom stereocenters. The van der Waals surface area contributed by atoms with Crippen molar-refractivity contribution in [3.8, 4) is 11.5 Å². The van der Waals surface area contributed by atoms with Crippen LogP contribution in [0.4, 0.5) is 0 Å². The average molecular weight is 259 g/mol. The van der Waals surface area contributed by atoms with Gasteiger partial charge < -0.3 is 9.47 Å². The maximum absolute atomic E-state index is 5.39. The summed E-state index contributed by atoms with van der Waals surface area (Å²) in [6, 6.07) is 6.03. The number of rotatable bonds is 4. The first-order valence-electron chi connectivity index (χ1n) is 6.54. The van der Waals surface area contributed by atoms with Crippen molar-refractivity contribution >= 4 is 10.8 Å². The summed E-state index contributed by atoms with van der Waals surface area (Å²) >= 11 is 0. The lowest BCUT2D eigenvalue weighted by Gasteiger charge is -2.24. The van der Waals surface area contributed by atoms with Gasteiger partial charge in [-0.3, -0.25) is 4.98 Å². The second-order valence-corrected chi connectivity index (χ2v) is 5.33. The Bertz CT molecular complexity index is 591. The highest BCUT2D eigenvalue weighted by Gasteiger charge is 2.23. The first-order valence-corrected chi connectivity index (χ1v) is 6.54. The highest BCUT2D eigenvalue weighted by molar-refractivity contribution is 5.88. The number of fused-ring (bicyclic) bond motifs is 1. The van der Waals surface area contributed by atoms with Crippen LogP contribution in [0.3, 0.4) is 0 Å². The summed E-state index contributed by atoms with van der Waals surface area (Å²) in [6.45, 7) is 6.61. The topological polar surface area (TPSA) is 31.4 Å². The SMILES string of the molecule is CCC(C)(C)c1nccc2cc(OC)c(OC)cc12. The summed E-state index contributed by atoms with van der Waals surface area (Å²) in [5, 5.41) is 2.26. The molecule has 0 saturated carbocycles. The molecule has 0 amide bonds. The number of ether oxygens (including phenoxy) is 2. The molecule has 1 heterocycles. The fourth-order valence-corrected chi connectivity index (χ4v) is 2.21. The summed E-state index contributed by atoms with van der Waals surface area (Å²) in [5.74, 6) is 1.50. The predicted octanol–water partition coefficient (Wildman–Crippen LogP) is 3.94. The third kappa shape index (κ3) is 2.37. The molecule has 3 nitrogen and oxygen atoms in total. The van der Waals surface area contributed by atoms with Crippen LogP contribution in [0.5, 0.6) is 11.5 Å². The summed E-state index contributed by atoms with van der Waals surface area (Å²) in [7, 11) is 3.31. The second kappa shape index (κ2) is 5.08. The van der Waals surface area contributed by atoms with E-state index in [2.05, 4.69) is 25.8 Å². The van der Waals surface area contributed by atoms with Crippen LogP contribution in [0.1, 0.15) is 32.9 Å². The quantitative estimate of drug-likeness (QED) is 0.833. The average Bonchev–Trinajstić information content (AvgIpc) is 2.44. The summed E-state index contributed by atoms with van der Waals surface area (Å²) < 4.78 is 10.7. The predicted molar refractivity (Wildman–Crippen MR) is 78.2 cm³/mol. The van der Waals surface area contributed by atoms with Gasteiger partial charge in [-0.1, -0.05) is 20.8 Å². The van der Waals surface area contributed by atoms with Gasteiger partial charge in [0.25, 0.3) is 0 Å². The number of hydrogen-bond donors (Lipinski definition) is 0. The van der Waals surface area contributed by atoms with Crippen molar-refractivity contribution in [1.82, 2.24) is 4.98 Å². The highest BCUT2D eigenvalue weighted by Crippen LogP contribution is 2.37. The number of methoxy groups -OCH3 is 2. The van der Waals surface area contributed by atoms with Crippen molar-refractivity contribution in [2.24, 2.45) is 0 Å². The Hall–Kier alpha value is -1.77. The van der Waals surface area contributed by atoms with E-state index in [9.17, 15) is 0 Å². The van der Waals surface area contributed by atoms with Gasteiger partial charge in [0.2, 0.25) is 0 Å². The van der Waals surface area contributed by atoms with Gasteiger partial charge in [0.15, 0.2) is 11.5 Å². The molecule has 0 radical (unpaired) electrons. The maximum Gasteiger partial charge on any atom is 0.161 e. The fraction of sp³-hybridized carbons (Fsp3) is 0.438. The molecule has 3 heteroatoms. The van der Waals surface area contributed by atoms with Gasteiger partial charge in [-0.15, -0.1) is 0 Å². The largest absolute Gasteiger partial charge is 0.493 e. The Balaban J connectivity index is 2.74. The first-order chi connectivity index (χ1) is 9.03. The number of nitrogens with zero attached hydrogens (tertiary/aromatic N) is 1. The molecule has 1 aromatic heterocycles. The van der Waals surface area contributed by atoms with E-state index in [-0.39, 0.29) is 5.41 Å². The molecule has 19 heavy (non-hydrogen) atoms. The summed E-state index contributed by atoms with van der Waals surface area (Å²) in [4.78, 5) is 4.58. The Morgan fingerprint density at radius 1 is 1.11 bits per heavy atom. The van der Waals surface area contributed by atoms with Crippen LogP contribution in [0.2, 0.25) is 0 Å². The minimum atomic E-state index is 0.0408. The first kappa shape index (κ1) is 13.7. The van der Waals surface area contributed by atoms with Crippen molar-refractivity contribution in [3.05, 3.63) is 30.1 Å². The lowest BCUT2D eigenvalue weighted by Crippen LogP contribution is -2.17. The van der Waals surface area contributed by atoms with Crippen molar-refractivity contribution in [2.45, 2.75) is 32.6 Å². The number of aromatic nitrogens is 1. The molecular formula is C16H21NO2. The van der Waals surface area contributed by atoms with Crippen molar-refractivity contribution < 1.29 is 9.47 Å². The molecule has 2 aromatic rings. The molecule has 0 N–H and O–H groups in total. The van der Waals surface area contributed by atoms with E-state index in [1.807, 2.05) is 24.4 Å². The van der Waals surface area contributed by atoms with Crippen LogP contribution < -0.4 is 9.47 Å². The van der Waals surface area contributed by atoms with Crippen LogP contribution >= 0.6 is 0 Å². The molecule has 0 unspecified atom stereocenters.